The summed E-state index contributed by atoms with van der Waals surface area (Å²) in [5.41, 5.74) is 0. The second-order valence-electron chi connectivity index (χ2n) is 5.18. The minimum Gasteiger partial charge on any atom is -0.462 e. The lowest BCUT2D eigenvalue weighted by Gasteiger charge is -2.29. The Kier molecular flexibility index (Phi) is 2.19. The van der Waals surface area contributed by atoms with Crippen molar-refractivity contribution in [2.24, 2.45) is 11.8 Å². The van der Waals surface area contributed by atoms with Gasteiger partial charge in [-0.3, -0.25) is 9.59 Å². The Hall–Kier alpha value is -1.06. The lowest BCUT2D eigenvalue weighted by Crippen LogP contribution is -2.41. The Morgan fingerprint density at radius 1 is 1.31 bits per heavy atom. The number of hydrogen-bond acceptors (Lipinski definition) is 3. The van der Waals surface area contributed by atoms with Gasteiger partial charge in [0.2, 0.25) is 5.91 Å². The van der Waals surface area contributed by atoms with Crippen molar-refractivity contribution < 1.29 is 14.3 Å². The molecule has 2 unspecified atom stereocenters. The van der Waals surface area contributed by atoms with Crippen LogP contribution in [-0.4, -0.2) is 35.5 Å². The van der Waals surface area contributed by atoms with Crippen molar-refractivity contribution in [3.05, 3.63) is 0 Å². The molecule has 0 aliphatic carbocycles. The van der Waals surface area contributed by atoms with Crippen molar-refractivity contribution in [3.63, 3.8) is 0 Å². The molecule has 16 heavy (non-hydrogen) atoms. The van der Waals surface area contributed by atoms with E-state index in [1.807, 2.05) is 11.8 Å². The van der Waals surface area contributed by atoms with Crippen LogP contribution in [0, 0.1) is 11.8 Å². The first-order valence-corrected chi connectivity index (χ1v) is 6.18. The van der Waals surface area contributed by atoms with E-state index in [0.717, 1.165) is 25.8 Å². The summed E-state index contributed by atoms with van der Waals surface area (Å²) >= 11 is 0. The molecule has 3 heterocycles. The number of esters is 1. The van der Waals surface area contributed by atoms with Crippen molar-refractivity contribution in [2.75, 3.05) is 6.54 Å². The maximum absolute atomic E-state index is 11.7. The molecule has 3 aliphatic heterocycles. The maximum Gasteiger partial charge on any atom is 0.309 e. The second kappa shape index (κ2) is 3.47. The van der Waals surface area contributed by atoms with Gasteiger partial charge in [0.1, 0.15) is 6.10 Å². The van der Waals surface area contributed by atoms with Crippen LogP contribution in [0.25, 0.3) is 0 Å². The largest absolute Gasteiger partial charge is 0.462 e. The van der Waals surface area contributed by atoms with Crippen LogP contribution < -0.4 is 0 Å². The number of amides is 1. The number of hydrogen-bond donors (Lipinski definition) is 0. The molecule has 3 saturated heterocycles. The molecule has 0 aromatic heterocycles. The Bertz CT molecular complexity index is 339. The number of nitrogens with zero attached hydrogens (tertiary/aromatic N) is 1. The molecule has 4 nitrogen and oxygen atoms in total. The highest BCUT2D eigenvalue weighted by molar-refractivity contribution is 5.80. The number of fused-ring (bicyclic) bond motifs is 3. The average Bonchev–Trinajstić information content (AvgIpc) is 2.67. The van der Waals surface area contributed by atoms with Gasteiger partial charge < -0.3 is 9.64 Å². The zero-order valence-corrected chi connectivity index (χ0v) is 9.52. The number of ether oxygens (including phenoxy) is 1. The van der Waals surface area contributed by atoms with E-state index < -0.39 is 0 Å². The van der Waals surface area contributed by atoms with Crippen LogP contribution in [0.4, 0.5) is 0 Å². The van der Waals surface area contributed by atoms with Gasteiger partial charge in [-0.2, -0.15) is 0 Å². The van der Waals surface area contributed by atoms with Crippen LogP contribution >= 0.6 is 0 Å². The first-order chi connectivity index (χ1) is 7.68. The first kappa shape index (κ1) is 10.1. The number of rotatable bonds is 0. The standard InChI is InChI=1S/C12H17NO3/c1-7-11-8-4-5-10(14)13(8)6-2-3-9(11)16-12(7)15/h7-9,11H,2-6H2,1H3/t7?,8-,9+,11?/m0/s1. The molecule has 88 valence electrons. The zero-order chi connectivity index (χ0) is 11.3. The third kappa shape index (κ3) is 1.28. The SMILES string of the molecule is CC1C(=O)O[C@@H]2CCCN3C(=O)CC[C@H]3C12. The summed E-state index contributed by atoms with van der Waals surface area (Å²) in [6, 6.07) is 0.251. The molecule has 0 saturated carbocycles. The molecule has 3 rings (SSSR count). The Morgan fingerprint density at radius 3 is 2.94 bits per heavy atom. The van der Waals surface area contributed by atoms with E-state index in [0.29, 0.717) is 6.42 Å². The van der Waals surface area contributed by atoms with Crippen molar-refractivity contribution in [1.29, 1.82) is 0 Å². The topological polar surface area (TPSA) is 46.6 Å². The number of carbonyl (C=O) groups is 2. The van der Waals surface area contributed by atoms with Gasteiger partial charge in [0, 0.05) is 24.9 Å². The molecule has 0 spiro atoms. The van der Waals surface area contributed by atoms with Gasteiger partial charge in [-0.25, -0.2) is 0 Å². The van der Waals surface area contributed by atoms with Crippen LogP contribution in [0.2, 0.25) is 0 Å². The van der Waals surface area contributed by atoms with Crippen LogP contribution in [0.5, 0.6) is 0 Å². The van der Waals surface area contributed by atoms with Crippen LogP contribution in [0.1, 0.15) is 32.6 Å². The highest BCUT2D eigenvalue weighted by Gasteiger charge is 2.51. The summed E-state index contributed by atoms with van der Waals surface area (Å²) in [4.78, 5) is 25.3. The molecule has 4 atom stereocenters. The fraction of sp³-hybridized carbons (Fsp3) is 0.833. The Labute approximate surface area is 94.9 Å². The molecular formula is C12H17NO3. The number of carbonyl (C=O) groups excluding carboxylic acids is 2. The lowest BCUT2D eigenvalue weighted by atomic mass is 9.83. The van der Waals surface area contributed by atoms with Crippen LogP contribution in [-0.2, 0) is 14.3 Å². The monoisotopic (exact) mass is 223 g/mol. The van der Waals surface area contributed by atoms with Gasteiger partial charge in [0.25, 0.3) is 0 Å². The molecule has 0 bridgehead atoms. The van der Waals surface area contributed by atoms with Crippen LogP contribution in [0.15, 0.2) is 0 Å². The Balaban J connectivity index is 1.91. The molecule has 0 radical (unpaired) electrons. The van der Waals surface area contributed by atoms with Gasteiger partial charge in [0.15, 0.2) is 0 Å². The van der Waals surface area contributed by atoms with E-state index in [1.165, 1.54) is 0 Å². The molecule has 0 aromatic rings. The van der Waals surface area contributed by atoms with Gasteiger partial charge >= 0.3 is 5.97 Å². The van der Waals surface area contributed by atoms with Crippen LogP contribution in [0.3, 0.4) is 0 Å². The molecule has 3 fully saturated rings. The van der Waals surface area contributed by atoms with Crippen molar-refractivity contribution in [1.82, 2.24) is 4.90 Å². The predicted octanol–water partition coefficient (Wildman–Crippen LogP) is 0.949. The summed E-state index contributed by atoms with van der Waals surface area (Å²) in [5.74, 6) is 0.386. The fourth-order valence-corrected chi connectivity index (χ4v) is 3.56. The summed E-state index contributed by atoms with van der Waals surface area (Å²) in [7, 11) is 0. The van der Waals surface area contributed by atoms with E-state index in [4.69, 9.17) is 4.74 Å². The summed E-state index contributed by atoms with van der Waals surface area (Å²) < 4.78 is 5.42. The van der Waals surface area contributed by atoms with Crippen molar-refractivity contribution in [2.45, 2.75) is 44.8 Å². The minimum absolute atomic E-state index is 0.0403. The van der Waals surface area contributed by atoms with Gasteiger partial charge in [-0.15, -0.1) is 0 Å². The third-order valence-corrected chi connectivity index (χ3v) is 4.35. The van der Waals surface area contributed by atoms with E-state index in [1.54, 1.807) is 0 Å². The van der Waals surface area contributed by atoms with Gasteiger partial charge in [-0.05, 0) is 19.3 Å². The van der Waals surface area contributed by atoms with Crippen molar-refractivity contribution in [3.8, 4) is 0 Å². The van der Waals surface area contributed by atoms with Gasteiger partial charge in [-0.1, -0.05) is 6.92 Å². The molecule has 4 heteroatoms. The summed E-state index contributed by atoms with van der Waals surface area (Å²) in [5, 5.41) is 0. The smallest absolute Gasteiger partial charge is 0.309 e. The quantitative estimate of drug-likeness (QED) is 0.574. The van der Waals surface area contributed by atoms with E-state index in [-0.39, 0.29) is 35.9 Å². The Morgan fingerprint density at radius 2 is 2.12 bits per heavy atom. The third-order valence-electron chi connectivity index (χ3n) is 4.35. The fourth-order valence-electron chi connectivity index (χ4n) is 3.56. The van der Waals surface area contributed by atoms with E-state index in [9.17, 15) is 9.59 Å². The summed E-state index contributed by atoms with van der Waals surface area (Å²) in [6.45, 7) is 2.79. The van der Waals surface area contributed by atoms with E-state index in [2.05, 4.69) is 0 Å². The molecular weight excluding hydrogens is 206 g/mol. The van der Waals surface area contributed by atoms with E-state index >= 15 is 0 Å². The minimum atomic E-state index is -0.0730. The molecule has 3 aliphatic rings. The summed E-state index contributed by atoms with van der Waals surface area (Å²) in [6.07, 6.45) is 3.49. The normalized spacial score (nSPS) is 42.7. The van der Waals surface area contributed by atoms with Gasteiger partial charge in [0.05, 0.1) is 5.92 Å². The van der Waals surface area contributed by atoms with Crippen molar-refractivity contribution >= 4 is 11.9 Å². The second-order valence-corrected chi connectivity index (χ2v) is 5.18. The molecule has 0 N–H and O–H groups in total. The molecule has 1 amide bonds. The lowest BCUT2D eigenvalue weighted by molar-refractivity contribution is -0.144. The molecule has 0 aromatic carbocycles. The zero-order valence-electron chi connectivity index (χ0n) is 9.52. The average molecular weight is 223 g/mol. The maximum atomic E-state index is 11.7. The highest BCUT2D eigenvalue weighted by atomic mass is 16.6. The predicted molar refractivity (Wildman–Crippen MR) is 56.5 cm³/mol. The highest BCUT2D eigenvalue weighted by Crippen LogP contribution is 2.41. The first-order valence-electron chi connectivity index (χ1n) is 6.18.